The number of hydrogen-bond donors (Lipinski definition) is 0. The van der Waals surface area contributed by atoms with Gasteiger partial charge in [-0.1, -0.05) is 44.7 Å². The number of imidazole rings is 1. The first kappa shape index (κ1) is 29.5. The van der Waals surface area contributed by atoms with Gasteiger partial charge in [0.2, 0.25) is 12.2 Å². The highest BCUT2D eigenvalue weighted by atomic mass is 127. The zero-order valence-electron chi connectivity index (χ0n) is 22.7. The van der Waals surface area contributed by atoms with Crippen LogP contribution < -0.4 is 9.30 Å². The third-order valence-electron chi connectivity index (χ3n) is 7.16. The Morgan fingerprint density at radius 2 is 1.98 bits per heavy atom. The zero-order chi connectivity index (χ0) is 29.0. The molecule has 212 valence electrons. The van der Waals surface area contributed by atoms with Crippen molar-refractivity contribution >= 4 is 40.4 Å². The maximum absolute atomic E-state index is 13.3. The average Bonchev–Trinajstić information content (AvgIpc) is 3.45. The minimum atomic E-state index is -0.778. The van der Waals surface area contributed by atoms with Gasteiger partial charge in [0.25, 0.3) is 0 Å². The molecule has 4 rings (SSSR count). The summed E-state index contributed by atoms with van der Waals surface area (Å²) in [6.07, 6.45) is 8.87. The van der Waals surface area contributed by atoms with Gasteiger partial charge >= 0.3 is 11.9 Å². The van der Waals surface area contributed by atoms with E-state index in [4.69, 9.17) is 19.2 Å². The van der Waals surface area contributed by atoms with Crippen LogP contribution in [0, 0.1) is 21.3 Å². The van der Waals surface area contributed by atoms with Crippen molar-refractivity contribution in [1.29, 1.82) is 0 Å². The van der Waals surface area contributed by atoms with Crippen molar-refractivity contribution in [3.8, 4) is 5.75 Å². The molecule has 0 N–H and O–H groups in total. The number of fused-ring (bicyclic) bond motifs is 1. The van der Waals surface area contributed by atoms with Crippen molar-refractivity contribution in [2.45, 2.75) is 26.4 Å². The number of β-lactam (4-membered cyclic amide) rings is 1. The van der Waals surface area contributed by atoms with Crippen molar-refractivity contribution in [2.24, 2.45) is 24.8 Å². The van der Waals surface area contributed by atoms with Gasteiger partial charge in [-0.2, -0.15) is 4.89 Å². The van der Waals surface area contributed by atoms with Gasteiger partial charge in [-0.05, 0) is 28.7 Å². The van der Waals surface area contributed by atoms with E-state index in [1.165, 1.54) is 17.1 Å². The van der Waals surface area contributed by atoms with E-state index in [1.807, 2.05) is 55.5 Å². The lowest BCUT2D eigenvalue weighted by atomic mass is 9.74. The molecular weight excluding hydrogens is 629 g/mol. The number of halogens is 1. The SMILES string of the molecule is C=CCOOC(=O)C(C)C1C(=O)N2C(C(=O)OCC=C)=C(COc3cccc(Cn4cc[n+](C)c4)c3I)[C@H](C)C12. The van der Waals surface area contributed by atoms with Crippen LogP contribution in [0.25, 0.3) is 0 Å². The Morgan fingerprint density at radius 3 is 2.65 bits per heavy atom. The minimum absolute atomic E-state index is 0.00143. The van der Waals surface area contributed by atoms with Crippen LogP contribution in [0.2, 0.25) is 0 Å². The highest BCUT2D eigenvalue weighted by Gasteiger charge is 2.61. The molecule has 2 aliphatic heterocycles. The molecule has 1 saturated heterocycles. The Kier molecular flexibility index (Phi) is 9.46. The number of hydrogen-bond acceptors (Lipinski definition) is 7. The lowest BCUT2D eigenvalue weighted by Crippen LogP contribution is -2.63. The summed E-state index contributed by atoms with van der Waals surface area (Å²) in [6, 6.07) is 5.43. The second-order valence-corrected chi connectivity index (χ2v) is 10.9. The van der Waals surface area contributed by atoms with Crippen molar-refractivity contribution in [2.75, 3.05) is 19.8 Å². The summed E-state index contributed by atoms with van der Waals surface area (Å²) >= 11 is 2.26. The van der Waals surface area contributed by atoms with Crippen LogP contribution in [0.1, 0.15) is 19.4 Å². The largest absolute Gasteiger partial charge is 0.488 e. The fourth-order valence-electron chi connectivity index (χ4n) is 5.14. The average molecular weight is 663 g/mol. The van der Waals surface area contributed by atoms with E-state index < -0.39 is 29.8 Å². The van der Waals surface area contributed by atoms with E-state index in [0.717, 1.165) is 9.13 Å². The Morgan fingerprint density at radius 1 is 1.23 bits per heavy atom. The molecule has 0 saturated carbocycles. The predicted molar refractivity (Wildman–Crippen MR) is 152 cm³/mol. The monoisotopic (exact) mass is 662 g/mol. The number of aryl methyl sites for hydroxylation is 1. The Labute approximate surface area is 246 Å². The van der Waals surface area contributed by atoms with Crippen molar-refractivity contribution in [3.05, 3.63) is 82.6 Å². The second kappa shape index (κ2) is 12.8. The van der Waals surface area contributed by atoms with Gasteiger partial charge in [0.15, 0.2) is 0 Å². The molecule has 0 radical (unpaired) electrons. The number of carbonyl (C=O) groups is 3. The molecule has 3 unspecified atom stereocenters. The first-order valence-electron chi connectivity index (χ1n) is 12.9. The number of aromatic nitrogens is 2. The van der Waals surface area contributed by atoms with E-state index in [9.17, 15) is 14.4 Å². The first-order valence-corrected chi connectivity index (χ1v) is 14.0. The molecule has 0 bridgehead atoms. The molecular formula is C29H33IN3O7+. The van der Waals surface area contributed by atoms with Crippen LogP contribution in [0.5, 0.6) is 5.75 Å². The summed E-state index contributed by atoms with van der Waals surface area (Å²) in [5, 5.41) is 0. The van der Waals surface area contributed by atoms with E-state index >= 15 is 0 Å². The van der Waals surface area contributed by atoms with Crippen LogP contribution in [-0.4, -0.2) is 53.2 Å². The summed E-state index contributed by atoms with van der Waals surface area (Å²) in [6.45, 7) is 11.4. The molecule has 2 aliphatic rings. The van der Waals surface area contributed by atoms with Crippen LogP contribution in [-0.2, 0) is 42.5 Å². The maximum atomic E-state index is 13.3. The normalized spacial score (nSPS) is 20.4. The number of esters is 1. The number of benzene rings is 1. The van der Waals surface area contributed by atoms with Crippen LogP contribution in [0.4, 0.5) is 0 Å². The summed E-state index contributed by atoms with van der Waals surface area (Å²) < 4.78 is 16.6. The van der Waals surface area contributed by atoms with Gasteiger partial charge in [0.1, 0.15) is 50.2 Å². The van der Waals surface area contributed by atoms with Crippen molar-refractivity contribution in [1.82, 2.24) is 9.47 Å². The van der Waals surface area contributed by atoms with E-state index in [2.05, 4.69) is 40.3 Å². The molecule has 1 fully saturated rings. The summed E-state index contributed by atoms with van der Waals surface area (Å²) in [5.41, 5.74) is 1.88. The number of nitrogens with zero attached hydrogens (tertiary/aromatic N) is 3. The molecule has 10 nitrogen and oxygen atoms in total. The molecule has 11 heteroatoms. The molecule has 1 amide bonds. The summed E-state index contributed by atoms with van der Waals surface area (Å²) in [5.74, 6) is -2.69. The fourth-order valence-corrected chi connectivity index (χ4v) is 5.83. The Hall–Kier alpha value is -3.45. The minimum Gasteiger partial charge on any atom is -0.488 e. The third-order valence-corrected chi connectivity index (χ3v) is 8.39. The molecule has 4 atom stereocenters. The van der Waals surface area contributed by atoms with E-state index in [-0.39, 0.29) is 37.3 Å². The standard InChI is InChI=1S/C29H33IN3O7/c1-6-13-37-29(36)26-21(16-38-22-10-8-9-20(24(22)30)15-32-12-11-31(5)17-32)18(3)25-23(27(34)33(25)26)19(4)28(35)40-39-14-7-2/h6-12,17-19,23,25H,1-2,13-16H2,3-5H3/q+1/t18-,19?,23?,25?/m0/s1. The molecule has 3 heterocycles. The van der Waals surface area contributed by atoms with E-state index in [1.54, 1.807) is 6.92 Å². The molecule has 40 heavy (non-hydrogen) atoms. The highest BCUT2D eigenvalue weighted by Crippen LogP contribution is 2.49. The lowest BCUT2D eigenvalue weighted by molar-refractivity contribution is -0.671. The first-order chi connectivity index (χ1) is 19.2. The van der Waals surface area contributed by atoms with Gasteiger partial charge < -0.3 is 14.4 Å². The topological polar surface area (TPSA) is 100 Å². The van der Waals surface area contributed by atoms with Crippen molar-refractivity contribution in [3.63, 3.8) is 0 Å². The Bertz CT molecular complexity index is 1350. The maximum Gasteiger partial charge on any atom is 0.355 e. The quantitative estimate of drug-likeness (QED) is 0.0476. The zero-order valence-corrected chi connectivity index (χ0v) is 24.9. The number of amides is 1. The van der Waals surface area contributed by atoms with Gasteiger partial charge in [-0.3, -0.25) is 9.68 Å². The van der Waals surface area contributed by atoms with Gasteiger partial charge in [0, 0.05) is 17.1 Å². The van der Waals surface area contributed by atoms with E-state index in [0.29, 0.717) is 17.9 Å². The van der Waals surface area contributed by atoms with Crippen LogP contribution in [0.3, 0.4) is 0 Å². The summed E-state index contributed by atoms with van der Waals surface area (Å²) in [7, 11) is 1.97. The number of ether oxygens (including phenoxy) is 2. The Balaban J connectivity index is 1.55. The molecule has 0 spiro atoms. The summed E-state index contributed by atoms with van der Waals surface area (Å²) in [4.78, 5) is 50.0. The highest BCUT2D eigenvalue weighted by molar-refractivity contribution is 14.1. The molecule has 2 aromatic rings. The third kappa shape index (κ3) is 5.85. The van der Waals surface area contributed by atoms with Crippen LogP contribution in [0.15, 0.2) is 73.5 Å². The van der Waals surface area contributed by atoms with Gasteiger partial charge in [0.05, 0.1) is 28.5 Å². The van der Waals surface area contributed by atoms with Crippen molar-refractivity contribution < 1.29 is 38.2 Å². The molecule has 0 aliphatic carbocycles. The number of rotatable bonds is 13. The lowest BCUT2D eigenvalue weighted by Gasteiger charge is -2.47. The number of carbonyl (C=O) groups excluding carboxylic acids is 3. The fraction of sp³-hybridized carbons (Fsp3) is 0.379. The van der Waals surface area contributed by atoms with Crippen LogP contribution >= 0.6 is 22.6 Å². The van der Waals surface area contributed by atoms with Gasteiger partial charge in [-0.15, -0.1) is 6.58 Å². The predicted octanol–water partition coefficient (Wildman–Crippen LogP) is 3.10. The molecule has 1 aromatic carbocycles. The smallest absolute Gasteiger partial charge is 0.355 e. The van der Waals surface area contributed by atoms with Gasteiger partial charge in [-0.25, -0.2) is 18.7 Å². The molecule has 1 aromatic heterocycles. The second-order valence-electron chi connectivity index (χ2n) is 9.81.